The summed E-state index contributed by atoms with van der Waals surface area (Å²) in [4.78, 5) is 4.23. The molecule has 1 atom stereocenters. The number of nitrogens with two attached hydrogens (primary N) is 1. The van der Waals surface area contributed by atoms with E-state index in [1.807, 2.05) is 18.2 Å². The fraction of sp³-hybridized carbons (Fsp3) is 0.545. The topological polar surface area (TPSA) is 50.9 Å². The van der Waals surface area contributed by atoms with Crippen molar-refractivity contribution in [1.82, 2.24) is 4.98 Å². The molecule has 0 aliphatic rings. The summed E-state index contributed by atoms with van der Waals surface area (Å²) < 4.78 is 0. The molecule has 0 spiro atoms. The van der Waals surface area contributed by atoms with Crippen LogP contribution in [0.3, 0.4) is 0 Å². The van der Waals surface area contributed by atoms with Crippen molar-refractivity contribution in [2.45, 2.75) is 26.3 Å². The van der Waals surface area contributed by atoms with Crippen LogP contribution in [0.5, 0.6) is 0 Å². The maximum absolute atomic E-state index is 5.56. The molecule has 1 unspecified atom stereocenters. The zero-order chi connectivity index (χ0) is 10.4. The third-order valence-corrected chi connectivity index (χ3v) is 2.28. The van der Waals surface area contributed by atoms with E-state index in [0.717, 1.165) is 12.2 Å². The normalized spacial score (nSPS) is 12.9. The van der Waals surface area contributed by atoms with E-state index in [2.05, 4.69) is 24.1 Å². The van der Waals surface area contributed by atoms with Gasteiger partial charge in [-0.05, 0) is 31.0 Å². The molecule has 3 N–H and O–H groups in total. The van der Waals surface area contributed by atoms with Crippen LogP contribution in [0.15, 0.2) is 24.4 Å². The number of hydrogen-bond donors (Lipinski definition) is 2. The number of nitrogens with zero attached hydrogens (tertiary/aromatic N) is 1. The van der Waals surface area contributed by atoms with Crippen molar-refractivity contribution in [3.8, 4) is 0 Å². The molecule has 1 rings (SSSR count). The molecule has 3 nitrogen and oxygen atoms in total. The number of hydrogen-bond acceptors (Lipinski definition) is 3. The van der Waals surface area contributed by atoms with Gasteiger partial charge in [0.15, 0.2) is 0 Å². The van der Waals surface area contributed by atoms with Gasteiger partial charge in [-0.25, -0.2) is 4.98 Å². The predicted octanol–water partition coefficient (Wildman–Crippen LogP) is 1.87. The molecule has 1 heterocycles. The van der Waals surface area contributed by atoms with Gasteiger partial charge in [-0.15, -0.1) is 0 Å². The van der Waals surface area contributed by atoms with Gasteiger partial charge in [-0.3, -0.25) is 0 Å². The number of nitrogens with one attached hydrogen (secondary N) is 1. The van der Waals surface area contributed by atoms with Gasteiger partial charge >= 0.3 is 0 Å². The molecule has 0 fully saturated rings. The molecular weight excluding hydrogens is 174 g/mol. The van der Waals surface area contributed by atoms with E-state index in [1.165, 1.54) is 0 Å². The summed E-state index contributed by atoms with van der Waals surface area (Å²) in [6, 6.07) is 6.29. The van der Waals surface area contributed by atoms with Crippen LogP contribution >= 0.6 is 0 Å². The number of rotatable bonds is 5. The molecule has 0 amide bonds. The second kappa shape index (κ2) is 5.60. The van der Waals surface area contributed by atoms with Crippen LogP contribution in [0.4, 0.5) is 5.82 Å². The number of aromatic nitrogens is 1. The Morgan fingerprint density at radius 2 is 2.21 bits per heavy atom. The third-order valence-electron chi connectivity index (χ3n) is 2.28. The van der Waals surface area contributed by atoms with Crippen molar-refractivity contribution in [1.29, 1.82) is 0 Å². The molecule has 0 radical (unpaired) electrons. The highest BCUT2D eigenvalue weighted by Crippen LogP contribution is 2.11. The predicted molar refractivity (Wildman–Crippen MR) is 60.2 cm³/mol. The first-order valence-electron chi connectivity index (χ1n) is 5.11. The molecule has 1 aromatic heterocycles. The van der Waals surface area contributed by atoms with E-state index >= 15 is 0 Å². The van der Waals surface area contributed by atoms with Gasteiger partial charge < -0.3 is 11.1 Å². The van der Waals surface area contributed by atoms with Crippen molar-refractivity contribution in [2.75, 3.05) is 11.9 Å². The van der Waals surface area contributed by atoms with Crippen LogP contribution in [-0.4, -0.2) is 17.6 Å². The van der Waals surface area contributed by atoms with E-state index in [1.54, 1.807) is 6.20 Å². The molecule has 0 aliphatic heterocycles. The summed E-state index contributed by atoms with van der Waals surface area (Å²) in [7, 11) is 0. The second-order valence-corrected chi connectivity index (χ2v) is 3.79. The minimum atomic E-state index is 0.412. The van der Waals surface area contributed by atoms with Gasteiger partial charge in [0.1, 0.15) is 5.82 Å². The van der Waals surface area contributed by atoms with Crippen molar-refractivity contribution < 1.29 is 0 Å². The van der Waals surface area contributed by atoms with Crippen molar-refractivity contribution >= 4 is 5.82 Å². The molecule has 3 heteroatoms. The molecule has 0 bridgehead atoms. The van der Waals surface area contributed by atoms with Crippen molar-refractivity contribution in [2.24, 2.45) is 11.7 Å². The molecular formula is C11H19N3. The molecule has 78 valence electrons. The summed E-state index contributed by atoms with van der Waals surface area (Å²) in [5.41, 5.74) is 5.56. The largest absolute Gasteiger partial charge is 0.367 e. The molecule has 0 saturated carbocycles. The molecule has 0 aliphatic carbocycles. The van der Waals surface area contributed by atoms with Crippen molar-refractivity contribution in [3.63, 3.8) is 0 Å². The van der Waals surface area contributed by atoms with Crippen LogP contribution < -0.4 is 11.1 Å². The summed E-state index contributed by atoms with van der Waals surface area (Å²) in [6.45, 7) is 5.09. The Kier molecular flexibility index (Phi) is 4.40. The summed E-state index contributed by atoms with van der Waals surface area (Å²) >= 11 is 0. The zero-order valence-corrected chi connectivity index (χ0v) is 8.90. The van der Waals surface area contributed by atoms with Crippen LogP contribution in [0.1, 0.15) is 20.3 Å². The molecule has 0 aromatic carbocycles. The average molecular weight is 193 g/mol. The minimum Gasteiger partial charge on any atom is -0.367 e. The Hall–Kier alpha value is -1.09. The highest BCUT2D eigenvalue weighted by Gasteiger charge is 2.11. The fourth-order valence-electron chi connectivity index (χ4n) is 1.39. The standard InChI is InChI=1S/C11H19N3/c1-9(2)10(6-7-12)14-11-5-3-4-8-13-11/h3-5,8-10H,6-7,12H2,1-2H3,(H,13,14). The van der Waals surface area contributed by atoms with E-state index in [9.17, 15) is 0 Å². The monoisotopic (exact) mass is 193 g/mol. The van der Waals surface area contributed by atoms with E-state index in [4.69, 9.17) is 5.73 Å². The first kappa shape index (κ1) is 11.0. The summed E-state index contributed by atoms with van der Waals surface area (Å²) in [5, 5.41) is 3.39. The van der Waals surface area contributed by atoms with Gasteiger partial charge in [0.05, 0.1) is 0 Å². The van der Waals surface area contributed by atoms with E-state index in [0.29, 0.717) is 18.5 Å². The smallest absolute Gasteiger partial charge is 0.126 e. The van der Waals surface area contributed by atoms with Gasteiger partial charge in [0.25, 0.3) is 0 Å². The lowest BCUT2D eigenvalue weighted by Crippen LogP contribution is -2.28. The molecule has 14 heavy (non-hydrogen) atoms. The average Bonchev–Trinajstić information content (AvgIpc) is 2.18. The minimum absolute atomic E-state index is 0.412. The molecule has 1 aromatic rings. The van der Waals surface area contributed by atoms with Crippen LogP contribution in [-0.2, 0) is 0 Å². The van der Waals surface area contributed by atoms with Gasteiger partial charge in [-0.2, -0.15) is 0 Å². The maximum atomic E-state index is 5.56. The highest BCUT2D eigenvalue weighted by molar-refractivity contribution is 5.34. The lowest BCUT2D eigenvalue weighted by atomic mass is 10.0. The van der Waals surface area contributed by atoms with Gasteiger partial charge in [0.2, 0.25) is 0 Å². The highest BCUT2D eigenvalue weighted by atomic mass is 15.0. The zero-order valence-electron chi connectivity index (χ0n) is 8.90. The quantitative estimate of drug-likeness (QED) is 0.750. The molecule has 0 saturated heterocycles. The summed E-state index contributed by atoms with van der Waals surface area (Å²) in [5.74, 6) is 1.50. The second-order valence-electron chi connectivity index (χ2n) is 3.79. The number of pyridine rings is 1. The van der Waals surface area contributed by atoms with E-state index < -0.39 is 0 Å². The Morgan fingerprint density at radius 1 is 1.43 bits per heavy atom. The first-order chi connectivity index (χ1) is 6.74. The maximum Gasteiger partial charge on any atom is 0.126 e. The first-order valence-corrected chi connectivity index (χ1v) is 5.11. The summed E-state index contributed by atoms with van der Waals surface area (Å²) in [6.07, 6.45) is 2.77. The van der Waals surface area contributed by atoms with Gasteiger partial charge in [0, 0.05) is 12.2 Å². The van der Waals surface area contributed by atoms with Crippen LogP contribution in [0.25, 0.3) is 0 Å². The Bertz CT molecular complexity index is 246. The Balaban J connectivity index is 2.55. The lowest BCUT2D eigenvalue weighted by molar-refractivity contribution is 0.497. The van der Waals surface area contributed by atoms with Crippen LogP contribution in [0, 0.1) is 5.92 Å². The van der Waals surface area contributed by atoms with Crippen molar-refractivity contribution in [3.05, 3.63) is 24.4 Å². The van der Waals surface area contributed by atoms with Gasteiger partial charge in [-0.1, -0.05) is 19.9 Å². The number of anilines is 1. The Morgan fingerprint density at radius 3 is 2.71 bits per heavy atom. The van der Waals surface area contributed by atoms with E-state index in [-0.39, 0.29) is 0 Å². The lowest BCUT2D eigenvalue weighted by Gasteiger charge is -2.22. The van der Waals surface area contributed by atoms with Crippen LogP contribution in [0.2, 0.25) is 0 Å². The third kappa shape index (κ3) is 3.34. The fourth-order valence-corrected chi connectivity index (χ4v) is 1.39. The SMILES string of the molecule is CC(C)C(CCN)Nc1ccccn1. The Labute approximate surface area is 85.7 Å².